The van der Waals surface area contributed by atoms with Crippen molar-refractivity contribution in [1.82, 2.24) is 5.32 Å². The fourth-order valence-electron chi connectivity index (χ4n) is 3.34. The van der Waals surface area contributed by atoms with E-state index in [4.69, 9.17) is 27.9 Å². The monoisotopic (exact) mass is 511 g/mol. The van der Waals surface area contributed by atoms with Crippen LogP contribution in [0.3, 0.4) is 0 Å². The van der Waals surface area contributed by atoms with Gasteiger partial charge < -0.3 is 10.1 Å². The Morgan fingerprint density at radius 2 is 1.51 bits per heavy atom. The summed E-state index contributed by atoms with van der Waals surface area (Å²) in [5, 5.41) is 14.9. The number of halogens is 4. The summed E-state index contributed by atoms with van der Waals surface area (Å²) < 4.78 is 33.4. The average Bonchev–Trinajstić information content (AvgIpc) is 2.81. The van der Waals surface area contributed by atoms with Crippen molar-refractivity contribution in [3.8, 4) is 17.6 Å². The van der Waals surface area contributed by atoms with Gasteiger partial charge in [0.1, 0.15) is 22.9 Å². The van der Waals surface area contributed by atoms with E-state index >= 15 is 0 Å². The molecule has 0 aliphatic rings. The number of ether oxygens (including phenoxy) is 1. The molecule has 6 nitrogen and oxygen atoms in total. The molecule has 4 rings (SSSR count). The van der Waals surface area contributed by atoms with Crippen molar-refractivity contribution in [2.24, 2.45) is 0 Å². The summed E-state index contributed by atoms with van der Waals surface area (Å²) in [6.45, 7) is 0. The Hall–Kier alpha value is -4.19. The first-order chi connectivity index (χ1) is 16.8. The number of nitrogens with one attached hydrogen (secondary N) is 2. The van der Waals surface area contributed by atoms with Crippen molar-refractivity contribution in [2.75, 3.05) is 5.32 Å². The van der Waals surface area contributed by atoms with Gasteiger partial charge in [-0.3, -0.25) is 10.1 Å². The predicted octanol–water partition coefficient (Wildman–Crippen LogP) is 7.05. The van der Waals surface area contributed by atoms with Crippen molar-refractivity contribution in [1.29, 1.82) is 5.26 Å². The maximum atomic E-state index is 13.8. The minimum Gasteiger partial charge on any atom is -0.454 e. The fourth-order valence-corrected chi connectivity index (χ4v) is 3.90. The molecule has 0 spiro atoms. The summed E-state index contributed by atoms with van der Waals surface area (Å²) >= 11 is 12.6. The number of nitrogens with zero attached hydrogens (tertiary/aromatic N) is 1. The summed E-state index contributed by atoms with van der Waals surface area (Å²) in [4.78, 5) is 24.3. The number of anilines is 1. The Morgan fingerprint density at radius 1 is 0.886 bits per heavy atom. The standard InChI is InChI=1S/C25H13Cl2F2N3O3/c26-17-10-14(31-25(34)32-24(33)22-19(28)6-3-7-20(22)29)11-18(27)23(17)35-21-9-8-13(12-30)15-4-1-2-5-16(15)21/h1-11H,(H2,31,32,33,34). The largest absolute Gasteiger partial charge is 0.454 e. The van der Waals surface area contributed by atoms with Gasteiger partial charge in [0.05, 0.1) is 21.7 Å². The van der Waals surface area contributed by atoms with Gasteiger partial charge in [-0.1, -0.05) is 53.5 Å². The third kappa shape index (κ3) is 5.01. The molecule has 0 fully saturated rings. The van der Waals surface area contributed by atoms with Crippen LogP contribution in [0.15, 0.2) is 66.7 Å². The minimum absolute atomic E-state index is 0.0349. The number of fused-ring (bicyclic) bond motifs is 1. The summed E-state index contributed by atoms with van der Waals surface area (Å²) in [5.74, 6) is -2.99. The van der Waals surface area contributed by atoms with Gasteiger partial charge in [-0.05, 0) is 36.4 Å². The Balaban J connectivity index is 1.54. The van der Waals surface area contributed by atoms with Crippen LogP contribution in [0.5, 0.6) is 11.5 Å². The van der Waals surface area contributed by atoms with Gasteiger partial charge in [0.15, 0.2) is 5.75 Å². The first kappa shape index (κ1) is 24.0. The van der Waals surface area contributed by atoms with E-state index in [1.165, 1.54) is 12.1 Å². The third-order valence-electron chi connectivity index (χ3n) is 4.89. The quantitative estimate of drug-likeness (QED) is 0.307. The molecule has 0 unspecified atom stereocenters. The van der Waals surface area contributed by atoms with Gasteiger partial charge in [0, 0.05) is 16.5 Å². The summed E-state index contributed by atoms with van der Waals surface area (Å²) in [5.41, 5.74) is -0.325. The van der Waals surface area contributed by atoms with Gasteiger partial charge in [0.25, 0.3) is 5.91 Å². The van der Waals surface area contributed by atoms with Gasteiger partial charge in [-0.2, -0.15) is 5.26 Å². The Labute approximate surface area is 207 Å². The Morgan fingerprint density at radius 3 is 2.14 bits per heavy atom. The molecule has 0 heterocycles. The zero-order chi connectivity index (χ0) is 25.1. The van der Waals surface area contributed by atoms with Crippen molar-refractivity contribution in [3.63, 3.8) is 0 Å². The minimum atomic E-state index is -1.26. The van der Waals surface area contributed by atoms with E-state index in [1.54, 1.807) is 36.4 Å². The van der Waals surface area contributed by atoms with E-state index in [0.29, 0.717) is 22.1 Å². The zero-order valence-electron chi connectivity index (χ0n) is 17.5. The molecule has 0 saturated heterocycles. The molecular formula is C25H13Cl2F2N3O3. The molecular weight excluding hydrogens is 499 g/mol. The molecule has 0 bridgehead atoms. The second-order valence-corrected chi connectivity index (χ2v) is 7.96. The molecule has 10 heteroatoms. The van der Waals surface area contributed by atoms with Crippen molar-refractivity contribution < 1.29 is 23.1 Å². The number of hydrogen-bond donors (Lipinski definition) is 2. The maximum absolute atomic E-state index is 13.8. The smallest absolute Gasteiger partial charge is 0.326 e. The first-order valence-corrected chi connectivity index (χ1v) is 10.7. The van der Waals surface area contributed by atoms with E-state index in [2.05, 4.69) is 11.4 Å². The molecule has 0 atom stereocenters. The van der Waals surface area contributed by atoms with E-state index in [-0.39, 0.29) is 21.5 Å². The van der Waals surface area contributed by atoms with Crippen molar-refractivity contribution in [3.05, 3.63) is 99.5 Å². The number of imide groups is 1. The van der Waals surface area contributed by atoms with Gasteiger partial charge in [-0.25, -0.2) is 13.6 Å². The molecule has 35 heavy (non-hydrogen) atoms. The molecule has 0 radical (unpaired) electrons. The number of carbonyl (C=O) groups is 2. The van der Waals surface area contributed by atoms with E-state index in [1.807, 2.05) is 5.32 Å². The number of carbonyl (C=O) groups excluding carboxylic acids is 2. The van der Waals surface area contributed by atoms with Gasteiger partial charge >= 0.3 is 6.03 Å². The van der Waals surface area contributed by atoms with Crippen LogP contribution in [-0.4, -0.2) is 11.9 Å². The van der Waals surface area contributed by atoms with E-state index in [9.17, 15) is 23.6 Å². The number of nitriles is 1. The first-order valence-electron chi connectivity index (χ1n) is 9.93. The number of amides is 3. The molecule has 0 aliphatic heterocycles. The highest BCUT2D eigenvalue weighted by atomic mass is 35.5. The molecule has 4 aromatic rings. The van der Waals surface area contributed by atoms with Crippen LogP contribution < -0.4 is 15.4 Å². The lowest BCUT2D eigenvalue weighted by atomic mass is 10.0. The van der Waals surface area contributed by atoms with Crippen LogP contribution in [0.2, 0.25) is 10.0 Å². The van der Waals surface area contributed by atoms with Crippen LogP contribution >= 0.6 is 23.2 Å². The van der Waals surface area contributed by atoms with Gasteiger partial charge in [0.2, 0.25) is 0 Å². The molecule has 174 valence electrons. The van der Waals surface area contributed by atoms with Crippen molar-refractivity contribution >= 4 is 51.6 Å². The summed E-state index contributed by atoms with van der Waals surface area (Å²) in [6, 6.07) is 17.0. The predicted molar refractivity (Wildman–Crippen MR) is 128 cm³/mol. The lowest BCUT2D eigenvalue weighted by Gasteiger charge is -2.14. The third-order valence-corrected chi connectivity index (χ3v) is 5.45. The summed E-state index contributed by atoms with van der Waals surface area (Å²) in [7, 11) is 0. The maximum Gasteiger partial charge on any atom is 0.326 e. The SMILES string of the molecule is N#Cc1ccc(Oc2c(Cl)cc(NC(=O)NC(=O)c3c(F)cccc3F)cc2Cl)c2ccccc12. The van der Waals surface area contributed by atoms with Crippen LogP contribution in [-0.2, 0) is 0 Å². The van der Waals surface area contributed by atoms with E-state index < -0.39 is 29.1 Å². The molecule has 0 aliphatic carbocycles. The molecule has 0 aromatic heterocycles. The Kier molecular flexibility index (Phi) is 6.82. The van der Waals surface area contributed by atoms with E-state index in [0.717, 1.165) is 18.2 Å². The van der Waals surface area contributed by atoms with Crippen LogP contribution in [0.4, 0.5) is 19.3 Å². The number of hydrogen-bond acceptors (Lipinski definition) is 4. The average molecular weight is 512 g/mol. The number of rotatable bonds is 4. The topological polar surface area (TPSA) is 91.2 Å². The molecule has 2 N–H and O–H groups in total. The highest BCUT2D eigenvalue weighted by Crippen LogP contribution is 2.41. The number of urea groups is 1. The van der Waals surface area contributed by atoms with Crippen molar-refractivity contribution in [2.45, 2.75) is 0 Å². The fraction of sp³-hybridized carbons (Fsp3) is 0. The summed E-state index contributed by atoms with van der Waals surface area (Å²) in [6.07, 6.45) is 0. The molecule has 4 aromatic carbocycles. The molecule has 3 amide bonds. The second-order valence-electron chi connectivity index (χ2n) is 7.14. The highest BCUT2D eigenvalue weighted by Gasteiger charge is 2.20. The number of benzene rings is 4. The van der Waals surface area contributed by atoms with Crippen LogP contribution in [0.25, 0.3) is 10.8 Å². The van der Waals surface area contributed by atoms with Crippen LogP contribution in [0, 0.1) is 23.0 Å². The Bertz CT molecular complexity index is 1490. The van der Waals surface area contributed by atoms with Crippen LogP contribution in [0.1, 0.15) is 15.9 Å². The lowest BCUT2D eigenvalue weighted by Crippen LogP contribution is -2.35. The molecule has 0 saturated carbocycles. The zero-order valence-corrected chi connectivity index (χ0v) is 19.0. The second kappa shape index (κ2) is 9.97. The lowest BCUT2D eigenvalue weighted by molar-refractivity contribution is 0.0959. The van der Waals surface area contributed by atoms with Gasteiger partial charge in [-0.15, -0.1) is 0 Å². The highest BCUT2D eigenvalue weighted by molar-refractivity contribution is 6.37. The normalized spacial score (nSPS) is 10.5.